The number of rotatable bonds is 6. The average molecular weight is 508 g/mol. The van der Waals surface area contributed by atoms with Crippen molar-refractivity contribution in [3.05, 3.63) is 59.5 Å². The van der Waals surface area contributed by atoms with E-state index in [1.165, 1.54) is 30.5 Å². The van der Waals surface area contributed by atoms with Crippen molar-refractivity contribution in [2.75, 3.05) is 0 Å². The van der Waals surface area contributed by atoms with Gasteiger partial charge in [-0.2, -0.15) is 23.2 Å². The largest absolute Gasteiger partial charge is 0.408 e. The number of halogens is 4. The molecule has 10 heteroatoms. The maximum atomic E-state index is 14.2. The third kappa shape index (κ3) is 5.21. The van der Waals surface area contributed by atoms with Crippen molar-refractivity contribution in [1.82, 2.24) is 9.29 Å². The van der Waals surface area contributed by atoms with Gasteiger partial charge in [0.1, 0.15) is 17.9 Å². The Morgan fingerprint density at radius 1 is 1.17 bits per heavy atom. The zero-order valence-electron chi connectivity index (χ0n) is 19.4. The summed E-state index contributed by atoms with van der Waals surface area (Å²) in [6, 6.07) is 8.23. The second-order valence-corrected chi connectivity index (χ2v) is 12.1. The molecule has 1 heterocycles. The molecule has 1 atom stereocenters. The lowest BCUT2D eigenvalue weighted by Gasteiger charge is -2.22. The lowest BCUT2D eigenvalue weighted by atomic mass is 9.96. The molecule has 1 N–H and O–H groups in total. The molecule has 0 aliphatic heterocycles. The molecule has 0 bridgehead atoms. The summed E-state index contributed by atoms with van der Waals surface area (Å²) >= 11 is 0. The number of hydrogen-bond donors (Lipinski definition) is 1. The van der Waals surface area contributed by atoms with E-state index >= 15 is 0 Å². The first-order valence-electron chi connectivity index (χ1n) is 11.1. The summed E-state index contributed by atoms with van der Waals surface area (Å²) in [4.78, 5) is 0. The minimum Gasteiger partial charge on any atom is -0.347 e. The number of sulfonamides is 1. The van der Waals surface area contributed by atoms with Gasteiger partial charge in [0.2, 0.25) is 10.0 Å². The second kappa shape index (κ2) is 8.64. The molecule has 186 valence electrons. The zero-order chi connectivity index (χ0) is 25.8. The minimum absolute atomic E-state index is 0.161. The minimum atomic E-state index is -4.86. The first-order chi connectivity index (χ1) is 16.2. The van der Waals surface area contributed by atoms with Gasteiger partial charge in [0.25, 0.3) is 0 Å². The van der Waals surface area contributed by atoms with Crippen LogP contribution in [0.15, 0.2) is 42.6 Å². The van der Waals surface area contributed by atoms with E-state index in [-0.39, 0.29) is 21.9 Å². The fraction of sp³-hybridized carbons (Fsp3) is 0.400. The Kier molecular flexibility index (Phi) is 6.22. The maximum absolute atomic E-state index is 14.2. The fourth-order valence-electron chi connectivity index (χ4n) is 4.18. The van der Waals surface area contributed by atoms with Crippen molar-refractivity contribution in [1.29, 1.82) is 5.26 Å². The van der Waals surface area contributed by atoms with Gasteiger partial charge in [-0.3, -0.25) is 0 Å². The van der Waals surface area contributed by atoms with Gasteiger partial charge in [0.05, 0.1) is 10.8 Å². The summed E-state index contributed by atoms with van der Waals surface area (Å²) in [5.74, 6) is -0.692. The molecule has 1 saturated carbocycles. The first-order valence-corrected chi connectivity index (χ1v) is 12.7. The molecular weight excluding hydrogens is 482 g/mol. The standard InChI is InChI=1S/C25H25F4N3O2S/c1-24(2,3)14-32-13-20(23(25(27,28)29)31-35(33,34)16-8-9-16)18-10-7-15(11-22(18)32)17-5-4-6-21(26)19(17)12-30/h4-7,10-11,13,16,23,31H,8-9,14H2,1-3H3. The molecule has 1 unspecified atom stereocenters. The monoisotopic (exact) mass is 507 g/mol. The van der Waals surface area contributed by atoms with Gasteiger partial charge in [-0.25, -0.2) is 12.8 Å². The van der Waals surface area contributed by atoms with E-state index in [2.05, 4.69) is 0 Å². The van der Waals surface area contributed by atoms with Crippen LogP contribution in [0.5, 0.6) is 0 Å². The summed E-state index contributed by atoms with van der Waals surface area (Å²) in [6.07, 6.45) is -2.85. The molecule has 4 rings (SSSR count). The van der Waals surface area contributed by atoms with Gasteiger partial charge in [-0.05, 0) is 36.0 Å². The summed E-state index contributed by atoms with van der Waals surface area (Å²) in [5.41, 5.74) is 0.549. The van der Waals surface area contributed by atoms with Crippen molar-refractivity contribution in [2.45, 2.75) is 57.6 Å². The highest BCUT2D eigenvalue weighted by molar-refractivity contribution is 7.90. The van der Waals surface area contributed by atoms with E-state index in [4.69, 9.17) is 0 Å². The Balaban J connectivity index is 1.92. The number of alkyl halides is 3. The van der Waals surface area contributed by atoms with Crippen LogP contribution in [0.1, 0.15) is 50.8 Å². The Morgan fingerprint density at radius 3 is 2.43 bits per heavy atom. The van der Waals surface area contributed by atoms with Gasteiger partial charge >= 0.3 is 6.18 Å². The number of nitriles is 1. The molecule has 3 aromatic rings. The molecule has 1 aliphatic rings. The van der Waals surface area contributed by atoms with Crippen LogP contribution in [-0.4, -0.2) is 24.4 Å². The first kappa shape index (κ1) is 25.2. The van der Waals surface area contributed by atoms with Crippen molar-refractivity contribution < 1.29 is 26.0 Å². The van der Waals surface area contributed by atoms with Crippen LogP contribution in [0.2, 0.25) is 0 Å². The molecule has 0 radical (unpaired) electrons. The highest BCUT2D eigenvalue weighted by atomic mass is 32.2. The number of aromatic nitrogens is 1. The molecule has 1 aliphatic carbocycles. The smallest absolute Gasteiger partial charge is 0.347 e. The van der Waals surface area contributed by atoms with E-state index in [0.717, 1.165) is 0 Å². The molecule has 35 heavy (non-hydrogen) atoms. The quantitative estimate of drug-likeness (QED) is 0.413. The number of nitrogens with one attached hydrogen (secondary N) is 1. The maximum Gasteiger partial charge on any atom is 0.408 e. The van der Waals surface area contributed by atoms with Gasteiger partial charge < -0.3 is 4.57 Å². The van der Waals surface area contributed by atoms with Gasteiger partial charge in [0, 0.05) is 34.8 Å². The molecular formula is C25H25F4N3O2S. The summed E-state index contributed by atoms with van der Waals surface area (Å²) in [5, 5.41) is 8.84. The lowest BCUT2D eigenvalue weighted by molar-refractivity contribution is -0.152. The number of nitrogens with zero attached hydrogens (tertiary/aromatic N) is 2. The van der Waals surface area contributed by atoms with E-state index < -0.39 is 33.3 Å². The van der Waals surface area contributed by atoms with Gasteiger partial charge in [-0.1, -0.05) is 45.0 Å². The van der Waals surface area contributed by atoms with E-state index in [0.29, 0.717) is 36.0 Å². The Bertz CT molecular complexity index is 1430. The number of hydrogen-bond acceptors (Lipinski definition) is 3. The predicted octanol–water partition coefficient (Wildman–Crippen LogP) is 6.05. The number of fused-ring (bicyclic) bond motifs is 1. The van der Waals surface area contributed by atoms with Crippen LogP contribution in [0.25, 0.3) is 22.0 Å². The van der Waals surface area contributed by atoms with E-state index in [9.17, 15) is 31.2 Å². The fourth-order valence-corrected chi connectivity index (χ4v) is 5.72. The van der Waals surface area contributed by atoms with Crippen LogP contribution >= 0.6 is 0 Å². The van der Waals surface area contributed by atoms with Crippen LogP contribution in [0.4, 0.5) is 17.6 Å². The van der Waals surface area contributed by atoms with Crippen LogP contribution < -0.4 is 4.72 Å². The van der Waals surface area contributed by atoms with Crippen molar-refractivity contribution >= 4 is 20.9 Å². The van der Waals surface area contributed by atoms with Crippen molar-refractivity contribution in [3.8, 4) is 17.2 Å². The van der Waals surface area contributed by atoms with Crippen molar-refractivity contribution in [2.24, 2.45) is 5.41 Å². The predicted molar refractivity (Wildman–Crippen MR) is 125 cm³/mol. The topological polar surface area (TPSA) is 74.9 Å². The summed E-state index contributed by atoms with van der Waals surface area (Å²) in [7, 11) is -4.13. The second-order valence-electron chi connectivity index (χ2n) is 10.1. The molecule has 5 nitrogen and oxygen atoms in total. The van der Waals surface area contributed by atoms with E-state index in [1.807, 2.05) is 31.6 Å². The molecule has 0 amide bonds. The average Bonchev–Trinajstić information content (AvgIpc) is 3.55. The van der Waals surface area contributed by atoms with E-state index in [1.54, 1.807) is 16.7 Å². The normalized spacial score (nSPS) is 15.8. The van der Waals surface area contributed by atoms with Crippen molar-refractivity contribution in [3.63, 3.8) is 0 Å². The van der Waals surface area contributed by atoms with Crippen LogP contribution in [0.3, 0.4) is 0 Å². The SMILES string of the molecule is CC(C)(C)Cn1cc(C(NS(=O)(=O)C2CC2)C(F)(F)F)c2ccc(-c3cccc(F)c3C#N)cc21. The Labute approximate surface area is 201 Å². The lowest BCUT2D eigenvalue weighted by Crippen LogP contribution is -2.39. The molecule has 0 spiro atoms. The molecule has 1 aromatic heterocycles. The van der Waals surface area contributed by atoms with Crippen LogP contribution in [0, 0.1) is 22.6 Å². The third-order valence-corrected chi connectivity index (χ3v) is 7.79. The number of benzene rings is 2. The summed E-state index contributed by atoms with van der Waals surface area (Å²) in [6.45, 7) is 6.14. The highest BCUT2D eigenvalue weighted by Crippen LogP contribution is 2.41. The van der Waals surface area contributed by atoms with Gasteiger partial charge in [-0.15, -0.1) is 0 Å². The molecule has 0 saturated heterocycles. The Morgan fingerprint density at radius 2 is 1.86 bits per heavy atom. The van der Waals surface area contributed by atoms with Crippen LogP contribution in [-0.2, 0) is 16.6 Å². The third-order valence-electron chi connectivity index (χ3n) is 5.88. The molecule has 1 fully saturated rings. The molecule has 2 aromatic carbocycles. The van der Waals surface area contributed by atoms with Gasteiger partial charge in [0.15, 0.2) is 0 Å². The summed E-state index contributed by atoms with van der Waals surface area (Å²) < 4.78 is 85.2. The highest BCUT2D eigenvalue weighted by Gasteiger charge is 2.47. The zero-order valence-corrected chi connectivity index (χ0v) is 20.3. The Hall–Kier alpha value is -2.90.